The predicted octanol–water partition coefficient (Wildman–Crippen LogP) is 1.41. The number of halogens is 1. The van der Waals surface area contributed by atoms with Crippen LogP contribution >= 0.6 is 0 Å². The second kappa shape index (κ2) is 6.44. The van der Waals surface area contributed by atoms with E-state index in [-0.39, 0.29) is 35.8 Å². The normalized spacial score (nSPS) is 25.2. The minimum atomic E-state index is -0.293. The Morgan fingerprint density at radius 1 is 1.20 bits per heavy atom. The van der Waals surface area contributed by atoms with E-state index in [9.17, 15) is 14.0 Å². The molecule has 130 valence electrons. The Kier molecular flexibility index (Phi) is 4.13. The molecule has 0 bridgehead atoms. The largest absolute Gasteiger partial charge is 0.333 e. The SMILES string of the molecule is O=C(Cn1ccccc1=O)N1C[C@@H]2CNC[C@@H]2[C@H]1c1cccc(F)c1. The number of hydrogen-bond acceptors (Lipinski definition) is 3. The Morgan fingerprint density at radius 3 is 2.88 bits per heavy atom. The van der Waals surface area contributed by atoms with E-state index in [1.165, 1.54) is 22.8 Å². The van der Waals surface area contributed by atoms with Crippen LogP contribution in [0.25, 0.3) is 0 Å². The van der Waals surface area contributed by atoms with Crippen molar-refractivity contribution in [3.8, 4) is 0 Å². The lowest BCUT2D eigenvalue weighted by Gasteiger charge is -2.28. The van der Waals surface area contributed by atoms with Crippen LogP contribution in [0, 0.1) is 17.7 Å². The number of rotatable bonds is 3. The fraction of sp³-hybridized carbons (Fsp3) is 0.368. The van der Waals surface area contributed by atoms with Gasteiger partial charge in [-0.1, -0.05) is 18.2 Å². The van der Waals surface area contributed by atoms with E-state index < -0.39 is 0 Å². The van der Waals surface area contributed by atoms with Gasteiger partial charge in [-0.2, -0.15) is 0 Å². The van der Waals surface area contributed by atoms with E-state index in [0.29, 0.717) is 12.5 Å². The molecule has 2 fully saturated rings. The van der Waals surface area contributed by atoms with Gasteiger partial charge in [-0.15, -0.1) is 0 Å². The fourth-order valence-corrected chi connectivity index (χ4v) is 4.12. The van der Waals surface area contributed by atoms with Crippen LogP contribution in [0.3, 0.4) is 0 Å². The first kappa shape index (κ1) is 16.0. The molecule has 0 spiro atoms. The van der Waals surface area contributed by atoms with E-state index in [2.05, 4.69) is 5.32 Å². The van der Waals surface area contributed by atoms with Crippen molar-refractivity contribution in [2.24, 2.45) is 11.8 Å². The number of nitrogens with one attached hydrogen (secondary N) is 1. The van der Waals surface area contributed by atoms with Gasteiger partial charge < -0.3 is 14.8 Å². The second-order valence-corrected chi connectivity index (χ2v) is 6.79. The molecule has 1 aromatic heterocycles. The Labute approximate surface area is 145 Å². The number of fused-ring (bicyclic) bond motifs is 1. The third-order valence-electron chi connectivity index (χ3n) is 5.28. The molecular weight excluding hydrogens is 321 g/mol. The lowest BCUT2D eigenvalue weighted by atomic mass is 9.89. The molecule has 2 aliphatic heterocycles. The maximum atomic E-state index is 13.7. The van der Waals surface area contributed by atoms with Gasteiger partial charge in [-0.3, -0.25) is 9.59 Å². The summed E-state index contributed by atoms with van der Waals surface area (Å²) in [4.78, 5) is 26.6. The summed E-state index contributed by atoms with van der Waals surface area (Å²) in [5.41, 5.74) is 0.629. The van der Waals surface area contributed by atoms with Crippen LogP contribution in [0.1, 0.15) is 11.6 Å². The van der Waals surface area contributed by atoms with Crippen LogP contribution in [0.15, 0.2) is 53.5 Å². The Morgan fingerprint density at radius 2 is 2.08 bits per heavy atom. The van der Waals surface area contributed by atoms with E-state index in [4.69, 9.17) is 0 Å². The molecule has 1 aromatic carbocycles. The Hall–Kier alpha value is -2.47. The zero-order valence-corrected chi connectivity index (χ0v) is 13.8. The highest BCUT2D eigenvalue weighted by atomic mass is 19.1. The summed E-state index contributed by atoms with van der Waals surface area (Å²) in [5, 5.41) is 3.37. The number of benzene rings is 1. The number of carbonyl (C=O) groups excluding carboxylic acids is 1. The summed E-state index contributed by atoms with van der Waals surface area (Å²) < 4.78 is 15.1. The van der Waals surface area contributed by atoms with Crippen LogP contribution in [0.4, 0.5) is 4.39 Å². The van der Waals surface area contributed by atoms with Crippen molar-refractivity contribution < 1.29 is 9.18 Å². The first-order valence-corrected chi connectivity index (χ1v) is 8.54. The third kappa shape index (κ3) is 2.98. The molecule has 0 unspecified atom stereocenters. The van der Waals surface area contributed by atoms with Crippen molar-refractivity contribution in [2.45, 2.75) is 12.6 Å². The predicted molar refractivity (Wildman–Crippen MR) is 91.4 cm³/mol. The number of carbonyl (C=O) groups is 1. The minimum absolute atomic E-state index is 0.0123. The van der Waals surface area contributed by atoms with Crippen molar-refractivity contribution in [1.82, 2.24) is 14.8 Å². The van der Waals surface area contributed by atoms with Gasteiger partial charge in [0.15, 0.2) is 0 Å². The van der Waals surface area contributed by atoms with E-state index in [1.54, 1.807) is 24.4 Å². The van der Waals surface area contributed by atoms with Gasteiger partial charge in [0, 0.05) is 37.8 Å². The van der Waals surface area contributed by atoms with E-state index in [1.807, 2.05) is 11.0 Å². The number of nitrogens with zero attached hydrogens (tertiary/aromatic N) is 2. The van der Waals surface area contributed by atoms with Gasteiger partial charge in [0.1, 0.15) is 12.4 Å². The number of amides is 1. The molecule has 3 atom stereocenters. The zero-order valence-electron chi connectivity index (χ0n) is 13.8. The average molecular weight is 341 g/mol. The third-order valence-corrected chi connectivity index (χ3v) is 5.28. The molecule has 0 saturated carbocycles. The molecule has 4 rings (SSSR count). The van der Waals surface area contributed by atoms with Crippen LogP contribution in [-0.4, -0.2) is 35.0 Å². The smallest absolute Gasteiger partial charge is 0.250 e. The van der Waals surface area contributed by atoms with Gasteiger partial charge in [0.05, 0.1) is 6.04 Å². The molecule has 0 radical (unpaired) electrons. The van der Waals surface area contributed by atoms with Crippen molar-refractivity contribution in [1.29, 1.82) is 0 Å². The molecule has 0 aliphatic carbocycles. The van der Waals surface area contributed by atoms with Crippen LogP contribution in [-0.2, 0) is 11.3 Å². The highest BCUT2D eigenvalue weighted by molar-refractivity contribution is 5.77. The van der Waals surface area contributed by atoms with Gasteiger partial charge in [0.2, 0.25) is 5.91 Å². The van der Waals surface area contributed by atoms with E-state index in [0.717, 1.165) is 18.7 Å². The number of aromatic nitrogens is 1. The summed E-state index contributed by atoms with van der Waals surface area (Å²) >= 11 is 0. The molecule has 3 heterocycles. The first-order chi connectivity index (χ1) is 12.1. The van der Waals surface area contributed by atoms with Crippen molar-refractivity contribution in [2.75, 3.05) is 19.6 Å². The maximum absolute atomic E-state index is 13.7. The average Bonchev–Trinajstić information content (AvgIpc) is 3.17. The lowest BCUT2D eigenvalue weighted by molar-refractivity contribution is -0.133. The summed E-state index contributed by atoms with van der Waals surface area (Å²) in [6.07, 6.45) is 1.62. The molecule has 1 N–H and O–H groups in total. The molecule has 25 heavy (non-hydrogen) atoms. The monoisotopic (exact) mass is 341 g/mol. The topological polar surface area (TPSA) is 54.3 Å². The molecule has 2 saturated heterocycles. The molecule has 2 aromatic rings. The zero-order chi connectivity index (χ0) is 17.4. The van der Waals surface area contributed by atoms with Gasteiger partial charge >= 0.3 is 0 Å². The van der Waals surface area contributed by atoms with Gasteiger partial charge in [-0.25, -0.2) is 4.39 Å². The highest BCUT2D eigenvalue weighted by Gasteiger charge is 2.46. The Balaban J connectivity index is 1.64. The summed E-state index contributed by atoms with van der Waals surface area (Å²) in [5.74, 6) is 0.249. The number of hydrogen-bond donors (Lipinski definition) is 1. The van der Waals surface area contributed by atoms with Crippen LogP contribution in [0.5, 0.6) is 0 Å². The number of pyridine rings is 1. The van der Waals surface area contributed by atoms with Gasteiger partial charge in [-0.05, 0) is 29.7 Å². The molecule has 2 aliphatic rings. The highest BCUT2D eigenvalue weighted by Crippen LogP contribution is 2.42. The lowest BCUT2D eigenvalue weighted by Crippen LogP contribution is -2.38. The first-order valence-electron chi connectivity index (χ1n) is 8.54. The van der Waals surface area contributed by atoms with Crippen molar-refractivity contribution >= 4 is 5.91 Å². The summed E-state index contributed by atoms with van der Waals surface area (Å²) in [6.45, 7) is 2.34. The summed E-state index contributed by atoms with van der Waals surface area (Å²) in [6, 6.07) is 11.2. The van der Waals surface area contributed by atoms with E-state index >= 15 is 0 Å². The Bertz CT molecular complexity index is 850. The standard InChI is InChI=1S/C19H20FN3O2/c20-15-5-3-4-13(8-15)19-16-10-21-9-14(16)11-23(19)18(25)12-22-7-2-1-6-17(22)24/h1-8,14,16,19,21H,9-12H2/t14-,16-,19+/m0/s1. The second-order valence-electron chi connectivity index (χ2n) is 6.79. The van der Waals surface area contributed by atoms with Crippen LogP contribution < -0.4 is 10.9 Å². The molecule has 6 heteroatoms. The molecule has 5 nitrogen and oxygen atoms in total. The number of likely N-dealkylation sites (tertiary alicyclic amines) is 1. The van der Waals surface area contributed by atoms with Gasteiger partial charge in [0.25, 0.3) is 5.56 Å². The maximum Gasteiger partial charge on any atom is 0.250 e. The summed E-state index contributed by atoms with van der Waals surface area (Å²) in [7, 11) is 0. The fourth-order valence-electron chi connectivity index (χ4n) is 4.12. The van der Waals surface area contributed by atoms with Crippen molar-refractivity contribution in [3.05, 3.63) is 70.4 Å². The molecular formula is C19H20FN3O2. The minimum Gasteiger partial charge on any atom is -0.333 e. The van der Waals surface area contributed by atoms with Crippen LogP contribution in [0.2, 0.25) is 0 Å². The quantitative estimate of drug-likeness (QED) is 0.918. The van der Waals surface area contributed by atoms with Crippen molar-refractivity contribution in [3.63, 3.8) is 0 Å². The molecule has 1 amide bonds.